The van der Waals surface area contributed by atoms with Gasteiger partial charge in [-0.25, -0.2) is 14.1 Å². The van der Waals surface area contributed by atoms with Crippen LogP contribution in [0.3, 0.4) is 0 Å². The standard InChI is InChI=1S/C23H18F4N8O2/c1-29-11-20-30-6-7-34(20)12-2-4-16(15(24)9-12)31-22(36)17-10-19(23(25,26)27)32-35(17)13-3-5-18-14(8-13)21(28)33-37-18/h2-10,29H,11H2,1H3,(H2,28,33)(H,31,36). The number of rotatable bonds is 6. The number of carbonyl (C=O) groups is 1. The van der Waals surface area contributed by atoms with E-state index in [2.05, 4.69) is 25.9 Å². The molecule has 10 nitrogen and oxygen atoms in total. The summed E-state index contributed by atoms with van der Waals surface area (Å²) in [6.07, 6.45) is -1.62. The van der Waals surface area contributed by atoms with Crippen LogP contribution in [0.4, 0.5) is 29.1 Å². The van der Waals surface area contributed by atoms with Crippen molar-refractivity contribution in [3.05, 3.63) is 77.9 Å². The average molecular weight is 514 g/mol. The molecule has 0 saturated carbocycles. The van der Waals surface area contributed by atoms with Gasteiger partial charge in [0.2, 0.25) is 0 Å². The van der Waals surface area contributed by atoms with Gasteiger partial charge in [0, 0.05) is 30.2 Å². The van der Waals surface area contributed by atoms with Crippen molar-refractivity contribution in [3.8, 4) is 11.4 Å². The molecule has 0 bridgehead atoms. The fraction of sp³-hybridized carbons (Fsp3) is 0.130. The first-order chi connectivity index (χ1) is 17.7. The van der Waals surface area contributed by atoms with Gasteiger partial charge in [-0.05, 0) is 37.4 Å². The molecule has 14 heteroatoms. The zero-order valence-electron chi connectivity index (χ0n) is 19.0. The second-order valence-corrected chi connectivity index (χ2v) is 7.93. The molecule has 3 aromatic heterocycles. The minimum atomic E-state index is -4.83. The van der Waals surface area contributed by atoms with E-state index in [0.29, 0.717) is 35.1 Å². The summed E-state index contributed by atoms with van der Waals surface area (Å²) in [6, 6.07) is 8.81. The number of imidazole rings is 1. The molecule has 0 saturated heterocycles. The molecule has 0 unspecified atom stereocenters. The van der Waals surface area contributed by atoms with Gasteiger partial charge in [0.1, 0.15) is 17.3 Å². The van der Waals surface area contributed by atoms with Gasteiger partial charge in [-0.3, -0.25) is 4.79 Å². The molecule has 37 heavy (non-hydrogen) atoms. The SMILES string of the molecule is CNCc1nccn1-c1ccc(NC(=O)c2cc(C(F)(F)F)nn2-c2ccc3onc(N)c3c2)c(F)c1. The molecule has 0 fully saturated rings. The van der Waals surface area contributed by atoms with Crippen LogP contribution < -0.4 is 16.4 Å². The van der Waals surface area contributed by atoms with Gasteiger partial charge < -0.3 is 25.5 Å². The lowest BCUT2D eigenvalue weighted by Crippen LogP contribution is -2.18. The van der Waals surface area contributed by atoms with Crippen LogP contribution >= 0.6 is 0 Å². The zero-order valence-corrected chi connectivity index (χ0v) is 19.0. The highest BCUT2D eigenvalue weighted by Crippen LogP contribution is 2.31. The van der Waals surface area contributed by atoms with Crippen LogP contribution in [-0.2, 0) is 12.7 Å². The minimum absolute atomic E-state index is 0.0176. The number of fused-ring (bicyclic) bond motifs is 1. The summed E-state index contributed by atoms with van der Waals surface area (Å²) in [7, 11) is 1.74. The third kappa shape index (κ3) is 4.49. The number of carbonyl (C=O) groups excluding carboxylic acids is 1. The zero-order chi connectivity index (χ0) is 26.3. The molecule has 1 amide bonds. The quantitative estimate of drug-likeness (QED) is 0.293. The molecule has 5 aromatic rings. The highest BCUT2D eigenvalue weighted by atomic mass is 19.4. The molecule has 2 aromatic carbocycles. The third-order valence-corrected chi connectivity index (χ3v) is 5.49. The first-order valence-electron chi connectivity index (χ1n) is 10.8. The van der Waals surface area contributed by atoms with E-state index in [1.54, 1.807) is 30.1 Å². The number of nitrogens with two attached hydrogens (primary N) is 1. The van der Waals surface area contributed by atoms with Crippen molar-refractivity contribution in [1.29, 1.82) is 0 Å². The molecule has 190 valence electrons. The highest BCUT2D eigenvalue weighted by molar-refractivity contribution is 6.04. The van der Waals surface area contributed by atoms with Gasteiger partial charge in [-0.15, -0.1) is 0 Å². The van der Waals surface area contributed by atoms with Crippen molar-refractivity contribution in [1.82, 2.24) is 29.8 Å². The number of anilines is 2. The van der Waals surface area contributed by atoms with Crippen molar-refractivity contribution < 1.29 is 26.9 Å². The molecular weight excluding hydrogens is 496 g/mol. The van der Waals surface area contributed by atoms with Crippen molar-refractivity contribution in [2.24, 2.45) is 0 Å². The van der Waals surface area contributed by atoms with Crippen LogP contribution in [0, 0.1) is 5.82 Å². The number of nitrogens with zero attached hydrogens (tertiary/aromatic N) is 5. The Kier molecular flexibility index (Phi) is 5.87. The fourth-order valence-corrected chi connectivity index (χ4v) is 3.76. The van der Waals surface area contributed by atoms with Gasteiger partial charge in [0.15, 0.2) is 17.1 Å². The molecular formula is C23H18F4N8O2. The molecule has 0 atom stereocenters. The Balaban J connectivity index is 1.49. The Morgan fingerprint density at radius 1 is 1.14 bits per heavy atom. The van der Waals surface area contributed by atoms with Crippen molar-refractivity contribution in [2.45, 2.75) is 12.7 Å². The third-order valence-electron chi connectivity index (χ3n) is 5.49. The summed E-state index contributed by atoms with van der Waals surface area (Å²) in [5.41, 5.74) is 4.57. The van der Waals surface area contributed by atoms with Crippen LogP contribution in [0.2, 0.25) is 0 Å². The Morgan fingerprint density at radius 2 is 1.92 bits per heavy atom. The van der Waals surface area contributed by atoms with E-state index in [9.17, 15) is 22.4 Å². The molecule has 5 rings (SSSR count). The van der Waals surface area contributed by atoms with Crippen LogP contribution in [-0.4, -0.2) is 37.4 Å². The van der Waals surface area contributed by atoms with Gasteiger partial charge >= 0.3 is 6.18 Å². The summed E-state index contributed by atoms with van der Waals surface area (Å²) in [5.74, 6) is -1.15. The maximum absolute atomic E-state index is 14.9. The number of halogens is 4. The highest BCUT2D eigenvalue weighted by Gasteiger charge is 2.36. The van der Waals surface area contributed by atoms with E-state index in [-0.39, 0.29) is 17.2 Å². The molecule has 4 N–H and O–H groups in total. The van der Waals surface area contributed by atoms with Crippen LogP contribution in [0.1, 0.15) is 22.0 Å². The largest absolute Gasteiger partial charge is 0.435 e. The van der Waals surface area contributed by atoms with Crippen molar-refractivity contribution in [2.75, 3.05) is 18.1 Å². The summed E-state index contributed by atoms with van der Waals surface area (Å²) in [6.45, 7) is 0.435. The van der Waals surface area contributed by atoms with E-state index in [1.165, 1.54) is 30.3 Å². The predicted molar refractivity (Wildman–Crippen MR) is 125 cm³/mol. The number of benzene rings is 2. The molecule has 0 aliphatic heterocycles. The van der Waals surface area contributed by atoms with E-state index < -0.39 is 29.3 Å². The number of alkyl halides is 3. The smallest absolute Gasteiger partial charge is 0.380 e. The van der Waals surface area contributed by atoms with Crippen LogP contribution in [0.5, 0.6) is 0 Å². The first kappa shape index (κ1) is 24.0. The summed E-state index contributed by atoms with van der Waals surface area (Å²) in [5, 5.41) is 12.8. The Morgan fingerprint density at radius 3 is 2.65 bits per heavy atom. The Bertz CT molecular complexity index is 1620. The summed E-state index contributed by atoms with van der Waals surface area (Å²) in [4.78, 5) is 17.2. The van der Waals surface area contributed by atoms with Crippen molar-refractivity contribution >= 4 is 28.4 Å². The van der Waals surface area contributed by atoms with E-state index in [0.717, 1.165) is 4.68 Å². The molecule has 0 radical (unpaired) electrons. The minimum Gasteiger partial charge on any atom is -0.380 e. The predicted octanol–water partition coefficient (Wildman–Crippen LogP) is 3.91. The van der Waals surface area contributed by atoms with E-state index in [1.807, 2.05) is 0 Å². The maximum atomic E-state index is 14.9. The molecule has 3 heterocycles. The molecule has 0 aliphatic rings. The Labute approximate surface area is 205 Å². The number of aromatic nitrogens is 5. The second kappa shape index (κ2) is 9.05. The first-order valence-corrected chi connectivity index (χ1v) is 10.8. The lowest BCUT2D eigenvalue weighted by atomic mass is 10.2. The van der Waals surface area contributed by atoms with E-state index >= 15 is 0 Å². The maximum Gasteiger partial charge on any atom is 0.435 e. The number of hydrogen-bond donors (Lipinski definition) is 3. The number of amides is 1. The average Bonchev–Trinajstić information content (AvgIpc) is 3.59. The van der Waals surface area contributed by atoms with Gasteiger partial charge in [-0.1, -0.05) is 5.16 Å². The lowest BCUT2D eigenvalue weighted by Gasteiger charge is -2.12. The topological polar surface area (TPSA) is 129 Å². The monoisotopic (exact) mass is 514 g/mol. The number of nitrogens with one attached hydrogen (secondary N) is 2. The molecule has 0 spiro atoms. The number of nitrogen functional groups attached to an aromatic ring is 1. The molecule has 0 aliphatic carbocycles. The van der Waals surface area contributed by atoms with Crippen LogP contribution in [0.15, 0.2) is 59.4 Å². The lowest BCUT2D eigenvalue weighted by molar-refractivity contribution is -0.141. The van der Waals surface area contributed by atoms with Gasteiger partial charge in [-0.2, -0.15) is 18.3 Å². The number of hydrogen-bond acceptors (Lipinski definition) is 7. The summed E-state index contributed by atoms with van der Waals surface area (Å²) >= 11 is 0. The van der Waals surface area contributed by atoms with Gasteiger partial charge in [0.05, 0.1) is 23.3 Å². The second-order valence-electron chi connectivity index (χ2n) is 7.93. The van der Waals surface area contributed by atoms with Crippen LogP contribution in [0.25, 0.3) is 22.3 Å². The van der Waals surface area contributed by atoms with Crippen molar-refractivity contribution in [3.63, 3.8) is 0 Å². The van der Waals surface area contributed by atoms with E-state index in [4.69, 9.17) is 10.3 Å². The normalized spacial score (nSPS) is 11.8. The fourth-order valence-electron chi connectivity index (χ4n) is 3.76. The Hall–Kier alpha value is -4.72. The summed E-state index contributed by atoms with van der Waals surface area (Å²) < 4.78 is 62.8. The van der Waals surface area contributed by atoms with Gasteiger partial charge in [0.25, 0.3) is 5.91 Å².